The lowest BCUT2D eigenvalue weighted by atomic mass is 10.2. The van der Waals surface area contributed by atoms with Crippen LogP contribution < -0.4 is 0 Å². The predicted octanol–water partition coefficient (Wildman–Crippen LogP) is 6.20. The van der Waals surface area contributed by atoms with Crippen LogP contribution in [0.3, 0.4) is 0 Å². The maximum Gasteiger partial charge on any atom is 0.355 e. The molecule has 0 saturated heterocycles. The first kappa shape index (κ1) is 17.6. The largest absolute Gasteiger partial charge is 0.464 e. The molecule has 0 radical (unpaired) electrons. The lowest BCUT2D eigenvalue weighted by molar-refractivity contribution is 0.0588. The summed E-state index contributed by atoms with van der Waals surface area (Å²) in [7, 11) is 1.35. The number of hydrogen-bond donors (Lipinski definition) is 0. The average molecular weight is 448 g/mol. The highest BCUT2D eigenvalue weighted by Gasteiger charge is 2.22. The Kier molecular flexibility index (Phi) is 5.11. The summed E-state index contributed by atoms with van der Waals surface area (Å²) in [4.78, 5) is 12.3. The maximum absolute atomic E-state index is 12.3. The van der Waals surface area contributed by atoms with Gasteiger partial charge < -0.3 is 9.30 Å². The van der Waals surface area contributed by atoms with Crippen molar-refractivity contribution in [1.82, 2.24) is 4.57 Å². The van der Waals surface area contributed by atoms with Gasteiger partial charge >= 0.3 is 5.97 Å². The molecule has 0 fully saturated rings. The number of carbonyl (C=O) groups is 1. The molecule has 124 valence electrons. The lowest BCUT2D eigenvalue weighted by Gasteiger charge is -2.11. The van der Waals surface area contributed by atoms with Gasteiger partial charge in [-0.25, -0.2) is 4.79 Å². The molecule has 0 unspecified atom stereocenters. The van der Waals surface area contributed by atoms with Crippen LogP contribution >= 0.6 is 50.7 Å². The van der Waals surface area contributed by atoms with E-state index in [-0.39, 0.29) is 0 Å². The number of fused-ring (bicyclic) bond motifs is 1. The number of esters is 1. The van der Waals surface area contributed by atoms with Crippen molar-refractivity contribution in [2.75, 3.05) is 7.11 Å². The third-order valence-electron chi connectivity index (χ3n) is 3.67. The third-order valence-corrected chi connectivity index (χ3v) is 5.44. The summed E-state index contributed by atoms with van der Waals surface area (Å²) < 4.78 is 7.44. The van der Waals surface area contributed by atoms with E-state index in [0.29, 0.717) is 31.8 Å². The van der Waals surface area contributed by atoms with Crippen LogP contribution in [-0.4, -0.2) is 17.6 Å². The van der Waals surface area contributed by atoms with Gasteiger partial charge in [0.25, 0.3) is 0 Å². The summed E-state index contributed by atoms with van der Waals surface area (Å²) in [6.07, 6.45) is 0. The van der Waals surface area contributed by atoms with Gasteiger partial charge in [0.2, 0.25) is 0 Å². The minimum absolute atomic E-state index is 0.417. The predicted molar refractivity (Wildman–Crippen MR) is 102 cm³/mol. The highest BCUT2D eigenvalue weighted by Crippen LogP contribution is 2.34. The van der Waals surface area contributed by atoms with Gasteiger partial charge in [-0.3, -0.25) is 0 Å². The summed E-state index contributed by atoms with van der Waals surface area (Å²) in [5.74, 6) is -0.436. The van der Waals surface area contributed by atoms with Crippen molar-refractivity contribution in [2.24, 2.45) is 0 Å². The van der Waals surface area contributed by atoms with E-state index in [0.717, 1.165) is 16.5 Å². The number of rotatable bonds is 3. The standard InChI is InChI=1S/C17H11BrCl3NO2/c1-24-17(23)16-15(18)11-7-10(19)3-5-14(11)22(16)8-9-2-4-12(20)13(21)6-9/h2-7H,8H2,1H3. The molecule has 0 amide bonds. The van der Waals surface area contributed by atoms with Gasteiger partial charge in [0.15, 0.2) is 0 Å². The van der Waals surface area contributed by atoms with Gasteiger partial charge in [-0.15, -0.1) is 0 Å². The summed E-state index contributed by atoms with van der Waals surface area (Å²) in [6, 6.07) is 10.8. The minimum Gasteiger partial charge on any atom is -0.464 e. The van der Waals surface area contributed by atoms with Gasteiger partial charge in [0.1, 0.15) is 5.69 Å². The van der Waals surface area contributed by atoms with Crippen LogP contribution in [0.5, 0.6) is 0 Å². The highest BCUT2D eigenvalue weighted by atomic mass is 79.9. The van der Waals surface area contributed by atoms with E-state index in [1.54, 1.807) is 24.3 Å². The van der Waals surface area contributed by atoms with Gasteiger partial charge in [-0.2, -0.15) is 0 Å². The van der Waals surface area contributed by atoms with Crippen molar-refractivity contribution in [3.63, 3.8) is 0 Å². The van der Waals surface area contributed by atoms with Gasteiger partial charge in [0.05, 0.1) is 27.1 Å². The number of halogens is 4. The highest BCUT2D eigenvalue weighted by molar-refractivity contribution is 9.10. The van der Waals surface area contributed by atoms with Crippen molar-refractivity contribution in [2.45, 2.75) is 6.54 Å². The Morgan fingerprint density at radius 3 is 2.54 bits per heavy atom. The molecule has 3 aromatic rings. The monoisotopic (exact) mass is 445 g/mol. The SMILES string of the molecule is COC(=O)c1c(Br)c2cc(Cl)ccc2n1Cc1ccc(Cl)c(Cl)c1. The van der Waals surface area contributed by atoms with Crippen LogP contribution in [0.25, 0.3) is 10.9 Å². The van der Waals surface area contributed by atoms with E-state index in [1.807, 2.05) is 16.7 Å². The molecule has 24 heavy (non-hydrogen) atoms. The number of aromatic nitrogens is 1. The number of hydrogen-bond acceptors (Lipinski definition) is 2. The molecule has 2 aromatic carbocycles. The zero-order valence-corrected chi connectivity index (χ0v) is 16.3. The summed E-state index contributed by atoms with van der Waals surface area (Å²) in [5.41, 5.74) is 2.19. The quantitative estimate of drug-likeness (QED) is 0.448. The Morgan fingerprint density at radius 2 is 1.88 bits per heavy atom. The summed E-state index contributed by atoms with van der Waals surface area (Å²) in [5, 5.41) is 2.38. The van der Waals surface area contributed by atoms with Crippen LogP contribution in [0.2, 0.25) is 15.1 Å². The van der Waals surface area contributed by atoms with E-state index >= 15 is 0 Å². The number of ether oxygens (including phenoxy) is 1. The van der Waals surface area contributed by atoms with Crippen molar-refractivity contribution in [3.8, 4) is 0 Å². The van der Waals surface area contributed by atoms with Crippen LogP contribution in [-0.2, 0) is 11.3 Å². The molecule has 1 aromatic heterocycles. The Balaban J connectivity index is 2.21. The molecule has 3 nitrogen and oxygen atoms in total. The normalized spacial score (nSPS) is 11.0. The molecule has 0 aliphatic carbocycles. The minimum atomic E-state index is -0.436. The Bertz CT molecular complexity index is 953. The molecule has 0 spiro atoms. The fraction of sp³-hybridized carbons (Fsp3) is 0.118. The second-order valence-corrected chi connectivity index (χ2v) is 7.19. The van der Waals surface area contributed by atoms with Crippen LogP contribution in [0.4, 0.5) is 0 Å². The van der Waals surface area contributed by atoms with Crippen molar-refractivity contribution in [1.29, 1.82) is 0 Å². The van der Waals surface area contributed by atoms with Gasteiger partial charge in [0, 0.05) is 17.0 Å². The second kappa shape index (κ2) is 6.96. The molecule has 0 N–H and O–H groups in total. The number of benzene rings is 2. The molecular formula is C17H11BrCl3NO2. The Labute approximate surface area is 162 Å². The third kappa shape index (κ3) is 3.16. The smallest absolute Gasteiger partial charge is 0.355 e. The van der Waals surface area contributed by atoms with Gasteiger partial charge in [-0.05, 0) is 51.8 Å². The Hall–Kier alpha value is -1.20. The van der Waals surface area contributed by atoms with Crippen LogP contribution in [0, 0.1) is 0 Å². The van der Waals surface area contributed by atoms with E-state index in [9.17, 15) is 4.79 Å². The summed E-state index contributed by atoms with van der Waals surface area (Å²) >= 11 is 21.6. The molecular weight excluding hydrogens is 436 g/mol. The van der Waals surface area contributed by atoms with Crippen LogP contribution in [0.1, 0.15) is 16.1 Å². The number of carbonyl (C=O) groups excluding carboxylic acids is 1. The van der Waals surface area contributed by atoms with Crippen molar-refractivity contribution >= 4 is 67.6 Å². The fourth-order valence-electron chi connectivity index (χ4n) is 2.57. The maximum atomic E-state index is 12.3. The number of methoxy groups -OCH3 is 1. The van der Waals surface area contributed by atoms with E-state index in [2.05, 4.69) is 15.9 Å². The first-order valence-electron chi connectivity index (χ1n) is 6.92. The van der Waals surface area contributed by atoms with Crippen LogP contribution in [0.15, 0.2) is 40.9 Å². The molecule has 0 atom stereocenters. The zero-order valence-electron chi connectivity index (χ0n) is 12.4. The lowest BCUT2D eigenvalue weighted by Crippen LogP contribution is -2.12. The molecule has 3 rings (SSSR count). The van der Waals surface area contributed by atoms with E-state index in [4.69, 9.17) is 39.5 Å². The first-order valence-corrected chi connectivity index (χ1v) is 8.84. The molecule has 0 aliphatic rings. The number of nitrogens with zero attached hydrogens (tertiary/aromatic N) is 1. The average Bonchev–Trinajstić information content (AvgIpc) is 2.82. The Morgan fingerprint density at radius 1 is 1.12 bits per heavy atom. The molecule has 7 heteroatoms. The zero-order chi connectivity index (χ0) is 17.4. The van der Waals surface area contributed by atoms with Crippen molar-refractivity contribution < 1.29 is 9.53 Å². The summed E-state index contributed by atoms with van der Waals surface area (Å²) in [6.45, 7) is 0.436. The second-order valence-electron chi connectivity index (χ2n) is 5.15. The topological polar surface area (TPSA) is 31.2 Å². The van der Waals surface area contributed by atoms with Crippen molar-refractivity contribution in [3.05, 3.63) is 67.2 Å². The fourth-order valence-corrected chi connectivity index (χ4v) is 3.75. The molecule has 0 bridgehead atoms. The van der Waals surface area contributed by atoms with E-state index < -0.39 is 5.97 Å². The molecule has 0 aliphatic heterocycles. The van der Waals surface area contributed by atoms with Gasteiger partial charge in [-0.1, -0.05) is 40.9 Å². The van der Waals surface area contributed by atoms with E-state index in [1.165, 1.54) is 7.11 Å². The molecule has 1 heterocycles. The molecule has 0 saturated carbocycles. The first-order chi connectivity index (χ1) is 11.4.